The van der Waals surface area contributed by atoms with Crippen molar-refractivity contribution in [1.29, 1.82) is 0 Å². The molecule has 0 atom stereocenters. The van der Waals surface area contributed by atoms with E-state index in [2.05, 4.69) is 10.0 Å². The van der Waals surface area contributed by atoms with Crippen molar-refractivity contribution in [3.05, 3.63) is 122 Å². The number of nitrogens with one attached hydrogen (secondary N) is 2. The molecule has 6 nitrogen and oxygen atoms in total. The Labute approximate surface area is 233 Å². The van der Waals surface area contributed by atoms with E-state index < -0.39 is 15.9 Å². The van der Waals surface area contributed by atoms with Gasteiger partial charge in [-0.15, -0.1) is 0 Å². The van der Waals surface area contributed by atoms with Crippen LogP contribution in [0.5, 0.6) is 0 Å². The Morgan fingerprint density at radius 1 is 0.649 bits per heavy atom. The summed E-state index contributed by atoms with van der Waals surface area (Å²) in [6.45, 7) is 0. The van der Waals surface area contributed by atoms with Crippen molar-refractivity contribution < 1.29 is 18.0 Å². The molecular weight excluding hydrogens is 578 g/mol. The minimum atomic E-state index is -4.02. The van der Waals surface area contributed by atoms with Crippen molar-refractivity contribution in [1.82, 2.24) is 0 Å². The molecule has 1 amide bonds. The molecule has 0 radical (unpaired) electrons. The first kappa shape index (κ1) is 27.0. The van der Waals surface area contributed by atoms with Crippen molar-refractivity contribution in [2.45, 2.75) is 4.90 Å². The number of amides is 1. The summed E-state index contributed by atoms with van der Waals surface area (Å²) >= 11 is 24.1. The van der Waals surface area contributed by atoms with E-state index in [0.717, 1.165) is 0 Å². The molecule has 4 aromatic carbocycles. The monoisotopic (exact) mass is 592 g/mol. The molecule has 0 aliphatic heterocycles. The summed E-state index contributed by atoms with van der Waals surface area (Å²) in [7, 11) is -4.02. The fraction of sp³-hybridized carbons (Fsp3) is 0. The fourth-order valence-electron chi connectivity index (χ4n) is 3.34. The summed E-state index contributed by atoms with van der Waals surface area (Å²) in [6.07, 6.45) is 0. The van der Waals surface area contributed by atoms with E-state index in [1.165, 1.54) is 60.7 Å². The average Bonchev–Trinajstić information content (AvgIpc) is 2.85. The Balaban J connectivity index is 1.57. The van der Waals surface area contributed by atoms with E-state index in [9.17, 15) is 18.0 Å². The molecule has 4 rings (SSSR count). The minimum absolute atomic E-state index is 0.0116. The number of hydrogen-bond donors (Lipinski definition) is 2. The predicted molar refractivity (Wildman–Crippen MR) is 148 cm³/mol. The number of hydrogen-bond acceptors (Lipinski definition) is 4. The lowest BCUT2D eigenvalue weighted by atomic mass is 10.0. The van der Waals surface area contributed by atoms with Gasteiger partial charge in [0.2, 0.25) is 0 Å². The van der Waals surface area contributed by atoms with Crippen LogP contribution in [0.15, 0.2) is 89.8 Å². The lowest BCUT2D eigenvalue weighted by molar-refractivity contribution is 0.102. The van der Waals surface area contributed by atoms with Crippen molar-refractivity contribution in [2.75, 3.05) is 10.0 Å². The van der Waals surface area contributed by atoms with E-state index >= 15 is 0 Å². The van der Waals surface area contributed by atoms with Gasteiger partial charge in [-0.3, -0.25) is 14.3 Å². The lowest BCUT2D eigenvalue weighted by Crippen LogP contribution is -2.19. The number of sulfonamides is 1. The van der Waals surface area contributed by atoms with Crippen molar-refractivity contribution in [2.24, 2.45) is 0 Å². The first-order valence-corrected chi connectivity index (χ1v) is 13.5. The number of anilines is 2. The summed E-state index contributed by atoms with van der Waals surface area (Å²) in [5.74, 6) is -0.961. The molecule has 37 heavy (non-hydrogen) atoms. The Morgan fingerprint density at radius 3 is 1.86 bits per heavy atom. The van der Waals surface area contributed by atoms with Crippen LogP contribution in [0.4, 0.5) is 11.4 Å². The second-order valence-corrected chi connectivity index (χ2v) is 11.1. The first-order chi connectivity index (χ1) is 17.5. The standard InChI is InChI=1S/C26H16Cl4N2O4S/c27-16-3-1-15(2-4-16)25(33)21-11-8-19(14-23(21)30)31-26(34)22-13-18(29)7-12-24(22)32-37(35,36)20-9-5-17(28)6-10-20/h1-14,32H,(H,31,34). The molecule has 0 aliphatic carbocycles. The largest absolute Gasteiger partial charge is 0.322 e. The average molecular weight is 594 g/mol. The Bertz CT molecular complexity index is 1610. The molecule has 0 aromatic heterocycles. The van der Waals surface area contributed by atoms with E-state index in [1.54, 1.807) is 24.3 Å². The van der Waals surface area contributed by atoms with Crippen molar-refractivity contribution in [3.8, 4) is 0 Å². The van der Waals surface area contributed by atoms with Gasteiger partial charge in [-0.05, 0) is 84.9 Å². The van der Waals surface area contributed by atoms with Gasteiger partial charge in [0.15, 0.2) is 5.78 Å². The molecule has 0 saturated carbocycles. The van der Waals surface area contributed by atoms with E-state index in [1.807, 2.05) is 0 Å². The zero-order chi connectivity index (χ0) is 26.7. The van der Waals surface area contributed by atoms with E-state index in [-0.39, 0.29) is 43.2 Å². The third-order valence-electron chi connectivity index (χ3n) is 5.17. The molecule has 188 valence electrons. The second-order valence-electron chi connectivity index (χ2n) is 7.73. The van der Waals surface area contributed by atoms with Crippen molar-refractivity contribution >= 4 is 79.5 Å². The van der Waals surface area contributed by atoms with Gasteiger partial charge in [0.1, 0.15) is 0 Å². The SMILES string of the molecule is O=C(c1ccc(Cl)cc1)c1ccc(NC(=O)c2cc(Cl)ccc2NS(=O)(=O)c2ccc(Cl)cc2)cc1Cl. The molecular formula is C26H16Cl4N2O4S. The highest BCUT2D eigenvalue weighted by molar-refractivity contribution is 7.92. The fourth-order valence-corrected chi connectivity index (χ4v) is 5.11. The first-order valence-electron chi connectivity index (χ1n) is 10.5. The maximum Gasteiger partial charge on any atom is 0.261 e. The number of rotatable bonds is 7. The van der Waals surface area contributed by atoms with Crippen LogP contribution in [-0.4, -0.2) is 20.1 Å². The van der Waals surface area contributed by atoms with Crippen LogP contribution in [-0.2, 0) is 10.0 Å². The van der Waals surface area contributed by atoms with Crippen LogP contribution >= 0.6 is 46.4 Å². The van der Waals surface area contributed by atoms with Crippen LogP contribution in [0.25, 0.3) is 0 Å². The van der Waals surface area contributed by atoms with Gasteiger partial charge in [0, 0.05) is 31.9 Å². The van der Waals surface area contributed by atoms with Gasteiger partial charge in [0.05, 0.1) is 21.2 Å². The number of benzene rings is 4. The number of carbonyl (C=O) groups is 2. The third-order valence-corrected chi connectivity index (χ3v) is 7.61. The Hall–Kier alpha value is -3.07. The summed E-state index contributed by atoms with van der Waals surface area (Å²) in [6, 6.07) is 20.5. The summed E-state index contributed by atoms with van der Waals surface area (Å²) in [5.41, 5.74) is 0.912. The van der Waals surface area contributed by atoms with Gasteiger partial charge < -0.3 is 5.32 Å². The molecule has 0 spiro atoms. The van der Waals surface area contributed by atoms with Gasteiger partial charge in [-0.25, -0.2) is 8.42 Å². The molecule has 0 bridgehead atoms. The Morgan fingerprint density at radius 2 is 1.24 bits per heavy atom. The van der Waals surface area contributed by atoms with Gasteiger partial charge >= 0.3 is 0 Å². The summed E-state index contributed by atoms with van der Waals surface area (Å²) < 4.78 is 28.1. The van der Waals surface area contributed by atoms with Crippen LogP contribution in [0.3, 0.4) is 0 Å². The highest BCUT2D eigenvalue weighted by Gasteiger charge is 2.20. The smallest absolute Gasteiger partial charge is 0.261 e. The summed E-state index contributed by atoms with van der Waals surface area (Å²) in [5, 5.41) is 3.87. The maximum absolute atomic E-state index is 13.1. The molecule has 4 aromatic rings. The normalized spacial score (nSPS) is 11.1. The van der Waals surface area contributed by atoms with Crippen molar-refractivity contribution in [3.63, 3.8) is 0 Å². The van der Waals surface area contributed by atoms with E-state index in [4.69, 9.17) is 46.4 Å². The number of ketones is 1. The van der Waals surface area contributed by atoms with Gasteiger partial charge in [-0.2, -0.15) is 0 Å². The van der Waals surface area contributed by atoms with Crippen LogP contribution in [0, 0.1) is 0 Å². The molecule has 0 saturated heterocycles. The maximum atomic E-state index is 13.1. The lowest BCUT2D eigenvalue weighted by Gasteiger charge is -2.14. The zero-order valence-electron chi connectivity index (χ0n) is 18.6. The molecule has 0 aliphatic rings. The van der Waals surface area contributed by atoms with Crippen LogP contribution < -0.4 is 10.0 Å². The van der Waals surface area contributed by atoms with Crippen LogP contribution in [0.2, 0.25) is 20.1 Å². The minimum Gasteiger partial charge on any atom is -0.322 e. The van der Waals surface area contributed by atoms with Gasteiger partial charge in [-0.1, -0.05) is 46.4 Å². The van der Waals surface area contributed by atoms with Gasteiger partial charge in [0.25, 0.3) is 15.9 Å². The highest BCUT2D eigenvalue weighted by atomic mass is 35.5. The molecule has 11 heteroatoms. The predicted octanol–water partition coefficient (Wildman–Crippen LogP) is 7.58. The second kappa shape index (κ2) is 11.1. The topological polar surface area (TPSA) is 92.3 Å². The molecule has 0 fully saturated rings. The molecule has 0 unspecified atom stereocenters. The number of carbonyl (C=O) groups excluding carboxylic acids is 2. The quantitative estimate of drug-likeness (QED) is 0.216. The molecule has 2 N–H and O–H groups in total. The molecule has 0 heterocycles. The summed E-state index contributed by atoms with van der Waals surface area (Å²) in [4.78, 5) is 25.8. The number of halogens is 4. The zero-order valence-corrected chi connectivity index (χ0v) is 22.5. The van der Waals surface area contributed by atoms with E-state index in [0.29, 0.717) is 15.6 Å². The Kier molecular flexibility index (Phi) is 8.11. The van der Waals surface area contributed by atoms with Crippen LogP contribution in [0.1, 0.15) is 26.3 Å². The third kappa shape index (κ3) is 6.44. The highest BCUT2D eigenvalue weighted by Crippen LogP contribution is 2.28.